The number of hydrogen-bond acceptors (Lipinski definition) is 1. The Kier molecular flexibility index (Phi) is 5.01. The number of alkyl halides is 13. The molecule has 0 N–H and O–H groups in total. The highest BCUT2D eigenvalue weighted by Crippen LogP contribution is 2.62. The van der Waals surface area contributed by atoms with Crippen LogP contribution in [0.3, 0.4) is 0 Å². The molecule has 0 bridgehead atoms. The van der Waals surface area contributed by atoms with Crippen LogP contribution >= 0.6 is 0 Å². The second-order valence-corrected chi connectivity index (χ2v) is 4.70. The Morgan fingerprint density at radius 3 is 1.15 bits per heavy atom. The van der Waals surface area contributed by atoms with Crippen LogP contribution in [0.1, 0.15) is 5.76 Å². The Labute approximate surface area is 135 Å². The minimum absolute atomic E-state index is 2.72. The fraction of sp³-hybridized carbons (Fsp3) is 0.600. The third-order valence-corrected chi connectivity index (χ3v) is 2.97. The Morgan fingerprint density at radius 2 is 0.852 bits per heavy atom. The number of hydrogen-bond donors (Lipinski definition) is 0. The summed E-state index contributed by atoms with van der Waals surface area (Å²) in [7, 11) is 0. The van der Waals surface area contributed by atoms with Crippen molar-refractivity contribution in [1.29, 1.82) is 0 Å². The fourth-order valence-corrected chi connectivity index (χ4v) is 1.48. The molecule has 0 amide bonds. The zero-order chi connectivity index (χ0) is 22.0. The third-order valence-electron chi connectivity index (χ3n) is 2.97. The first-order valence-electron chi connectivity index (χ1n) is 5.68. The summed E-state index contributed by atoms with van der Waals surface area (Å²) < 4.78 is 206. The van der Waals surface area contributed by atoms with Crippen LogP contribution in [-0.4, -0.2) is 29.9 Å². The Balaban J connectivity index is 3.66. The van der Waals surface area contributed by atoms with Crippen LogP contribution in [0, 0.1) is 17.6 Å². The predicted octanol–water partition coefficient (Wildman–Crippen LogP) is 5.89. The second kappa shape index (κ2) is 5.83. The molecule has 1 nitrogen and oxygen atoms in total. The summed E-state index contributed by atoms with van der Waals surface area (Å²) in [6.45, 7) is 0. The van der Waals surface area contributed by atoms with E-state index in [0.717, 1.165) is 0 Å². The molecule has 1 heterocycles. The van der Waals surface area contributed by atoms with Crippen LogP contribution in [0.5, 0.6) is 0 Å². The van der Waals surface area contributed by atoms with Gasteiger partial charge in [-0.2, -0.15) is 70.2 Å². The van der Waals surface area contributed by atoms with Crippen LogP contribution < -0.4 is 0 Å². The first kappa shape index (κ1) is 23.2. The molecule has 0 saturated carbocycles. The number of halogens is 16. The first-order valence-corrected chi connectivity index (χ1v) is 5.68. The standard InChI is InChI=1S/C10F16O/c11-1-2(12)4(13)27-3(1)5(14,15)6(16,17)7(18,19)8(20,21)9(22,23)10(24,25)26. The second-order valence-electron chi connectivity index (χ2n) is 4.70. The molecule has 0 fully saturated rings. The van der Waals surface area contributed by atoms with E-state index in [4.69, 9.17) is 0 Å². The lowest BCUT2D eigenvalue weighted by molar-refractivity contribution is -0.442. The summed E-state index contributed by atoms with van der Waals surface area (Å²) in [5.41, 5.74) is 0. The van der Waals surface area contributed by atoms with Crippen molar-refractivity contribution in [2.45, 2.75) is 35.8 Å². The van der Waals surface area contributed by atoms with Gasteiger partial charge in [0.15, 0.2) is 0 Å². The number of furan rings is 1. The van der Waals surface area contributed by atoms with E-state index in [1.54, 1.807) is 0 Å². The van der Waals surface area contributed by atoms with Gasteiger partial charge in [0.05, 0.1) is 0 Å². The summed E-state index contributed by atoms with van der Waals surface area (Å²) >= 11 is 0. The normalized spacial score (nSPS) is 15.4. The third kappa shape index (κ3) is 2.79. The Bertz CT molecular complexity index is 710. The maximum Gasteiger partial charge on any atom is 0.460 e. The van der Waals surface area contributed by atoms with Gasteiger partial charge < -0.3 is 4.42 Å². The van der Waals surface area contributed by atoms with Crippen molar-refractivity contribution in [3.05, 3.63) is 23.4 Å². The van der Waals surface area contributed by atoms with Gasteiger partial charge in [-0.3, -0.25) is 0 Å². The molecule has 1 aromatic heterocycles. The molecule has 0 unspecified atom stereocenters. The first-order chi connectivity index (χ1) is 11.6. The molecule has 0 aliphatic rings. The Hall–Kier alpha value is -1.84. The van der Waals surface area contributed by atoms with E-state index < -0.39 is 59.2 Å². The highest BCUT2D eigenvalue weighted by atomic mass is 19.4. The summed E-state index contributed by atoms with van der Waals surface area (Å²) in [4.78, 5) is 0. The van der Waals surface area contributed by atoms with E-state index in [9.17, 15) is 70.2 Å². The lowest BCUT2D eigenvalue weighted by Gasteiger charge is -2.39. The largest absolute Gasteiger partial charge is 0.460 e. The molecular formula is C10F16O. The van der Waals surface area contributed by atoms with Gasteiger partial charge >= 0.3 is 41.8 Å². The molecule has 17 heteroatoms. The zero-order valence-corrected chi connectivity index (χ0v) is 11.5. The van der Waals surface area contributed by atoms with Crippen molar-refractivity contribution < 1.29 is 74.7 Å². The number of rotatable bonds is 5. The molecule has 0 saturated heterocycles. The minimum Gasteiger partial charge on any atom is -0.424 e. The van der Waals surface area contributed by atoms with E-state index in [0.29, 0.717) is 0 Å². The Morgan fingerprint density at radius 1 is 0.481 bits per heavy atom. The average molecular weight is 440 g/mol. The van der Waals surface area contributed by atoms with Crippen LogP contribution in [0.2, 0.25) is 0 Å². The van der Waals surface area contributed by atoms with E-state index in [1.807, 2.05) is 0 Å². The maximum absolute atomic E-state index is 13.3. The SMILES string of the molecule is Fc1oc(C(F)(F)C(F)(F)C(F)(F)C(F)(F)C(F)(F)C(F)(F)F)c(F)c1F. The zero-order valence-electron chi connectivity index (χ0n) is 11.5. The smallest absolute Gasteiger partial charge is 0.424 e. The molecule has 0 aliphatic heterocycles. The highest BCUT2D eigenvalue weighted by Gasteiger charge is 2.91. The van der Waals surface area contributed by atoms with E-state index in [2.05, 4.69) is 4.42 Å². The quantitative estimate of drug-likeness (QED) is 0.521. The van der Waals surface area contributed by atoms with Gasteiger partial charge in [-0.15, -0.1) is 0 Å². The van der Waals surface area contributed by atoms with Gasteiger partial charge in [-0.1, -0.05) is 0 Å². The van der Waals surface area contributed by atoms with Gasteiger partial charge in [-0.05, 0) is 0 Å². The summed E-state index contributed by atoms with van der Waals surface area (Å²) in [5, 5.41) is 0. The minimum atomic E-state index is -8.24. The molecule has 0 radical (unpaired) electrons. The van der Waals surface area contributed by atoms with Crippen molar-refractivity contribution in [1.82, 2.24) is 0 Å². The lowest BCUT2D eigenvalue weighted by Crippen LogP contribution is -2.69. The van der Waals surface area contributed by atoms with E-state index >= 15 is 0 Å². The fourth-order valence-electron chi connectivity index (χ4n) is 1.48. The van der Waals surface area contributed by atoms with Crippen molar-refractivity contribution in [3.8, 4) is 0 Å². The molecule has 1 aromatic rings. The van der Waals surface area contributed by atoms with E-state index in [1.165, 1.54) is 0 Å². The van der Waals surface area contributed by atoms with Crippen molar-refractivity contribution in [3.63, 3.8) is 0 Å². The molecule has 0 atom stereocenters. The van der Waals surface area contributed by atoms with Gasteiger partial charge in [-0.25, -0.2) is 0 Å². The summed E-state index contributed by atoms with van der Waals surface area (Å²) in [6, 6.07) is -3.06. The van der Waals surface area contributed by atoms with Crippen molar-refractivity contribution >= 4 is 0 Å². The molecule has 1 rings (SSSR count). The topological polar surface area (TPSA) is 13.1 Å². The summed E-state index contributed by atoms with van der Waals surface area (Å²) in [6.07, 6.45) is -7.63. The lowest BCUT2D eigenvalue weighted by atomic mass is 9.93. The molecule has 0 spiro atoms. The van der Waals surface area contributed by atoms with Crippen molar-refractivity contribution in [2.24, 2.45) is 0 Å². The van der Waals surface area contributed by atoms with Crippen molar-refractivity contribution in [2.75, 3.05) is 0 Å². The van der Waals surface area contributed by atoms with Crippen LogP contribution in [0.25, 0.3) is 0 Å². The highest BCUT2D eigenvalue weighted by molar-refractivity contribution is 5.20. The molecule has 27 heavy (non-hydrogen) atoms. The predicted molar refractivity (Wildman–Crippen MR) is 48.3 cm³/mol. The molecule has 0 aliphatic carbocycles. The average Bonchev–Trinajstić information content (AvgIpc) is 2.73. The van der Waals surface area contributed by atoms with Crippen LogP contribution in [0.4, 0.5) is 70.2 Å². The van der Waals surface area contributed by atoms with E-state index in [-0.39, 0.29) is 0 Å². The molecule has 0 aromatic carbocycles. The molecular weight excluding hydrogens is 440 g/mol. The van der Waals surface area contributed by atoms with Crippen LogP contribution in [-0.2, 0) is 5.92 Å². The maximum atomic E-state index is 13.3. The molecule has 158 valence electrons. The van der Waals surface area contributed by atoms with Gasteiger partial charge in [0, 0.05) is 0 Å². The van der Waals surface area contributed by atoms with Gasteiger partial charge in [0.25, 0.3) is 0 Å². The monoisotopic (exact) mass is 440 g/mol. The van der Waals surface area contributed by atoms with Crippen LogP contribution in [0.15, 0.2) is 4.42 Å². The van der Waals surface area contributed by atoms with Gasteiger partial charge in [0.2, 0.25) is 17.4 Å². The summed E-state index contributed by atoms with van der Waals surface area (Å²) in [5.74, 6) is -49.9. The van der Waals surface area contributed by atoms with Gasteiger partial charge in [0.1, 0.15) is 0 Å².